The van der Waals surface area contributed by atoms with Crippen molar-refractivity contribution in [3.63, 3.8) is 0 Å². The zero-order chi connectivity index (χ0) is 20.9. The Bertz CT molecular complexity index is 1220. The van der Waals surface area contributed by atoms with Crippen LogP contribution in [0.3, 0.4) is 0 Å². The van der Waals surface area contributed by atoms with Gasteiger partial charge in [0.15, 0.2) is 0 Å². The zero-order valence-corrected chi connectivity index (χ0v) is 17.4. The van der Waals surface area contributed by atoms with Crippen molar-refractivity contribution in [3.05, 3.63) is 94.6 Å². The number of halogens is 1. The molecule has 0 spiro atoms. The van der Waals surface area contributed by atoms with Gasteiger partial charge >= 0.3 is 0 Å². The summed E-state index contributed by atoms with van der Waals surface area (Å²) in [5.74, 6) is -0.303. The average Bonchev–Trinajstić information content (AvgIpc) is 3.15. The molecule has 2 heterocycles. The van der Waals surface area contributed by atoms with Crippen LogP contribution in [0.25, 0.3) is 11.3 Å². The van der Waals surface area contributed by atoms with Crippen molar-refractivity contribution >= 4 is 28.9 Å². The van der Waals surface area contributed by atoms with Crippen molar-refractivity contribution < 1.29 is 4.39 Å². The van der Waals surface area contributed by atoms with Gasteiger partial charge < -0.3 is 4.90 Å². The van der Waals surface area contributed by atoms with E-state index >= 15 is 0 Å². The van der Waals surface area contributed by atoms with Gasteiger partial charge in [0.25, 0.3) is 0 Å². The lowest BCUT2D eigenvalue weighted by atomic mass is 10.1. The van der Waals surface area contributed by atoms with E-state index in [2.05, 4.69) is 15.1 Å². The van der Waals surface area contributed by atoms with Crippen LogP contribution in [0.4, 0.5) is 15.8 Å². The van der Waals surface area contributed by atoms with Crippen molar-refractivity contribution in [2.24, 2.45) is 10.1 Å². The van der Waals surface area contributed by atoms with Crippen molar-refractivity contribution in [2.75, 3.05) is 19.0 Å². The van der Waals surface area contributed by atoms with Gasteiger partial charge in [-0.15, -0.1) is 11.3 Å². The molecule has 0 aliphatic heterocycles. The quantitative estimate of drug-likeness (QED) is 0.432. The molecule has 0 atom stereocenters. The number of pyridine rings is 1. The van der Waals surface area contributed by atoms with Crippen LogP contribution in [0, 0.1) is 5.82 Å². The second-order valence-corrected chi connectivity index (χ2v) is 7.59. The normalized spacial score (nSPS) is 11.9. The molecule has 0 saturated carbocycles. The van der Waals surface area contributed by atoms with E-state index in [0.717, 1.165) is 11.3 Å². The first-order valence-electron chi connectivity index (χ1n) is 9.34. The van der Waals surface area contributed by atoms with Crippen LogP contribution in [-0.4, -0.2) is 30.0 Å². The number of hydrogen-bond donors (Lipinski definition) is 0. The highest BCUT2D eigenvalue weighted by Gasteiger charge is 2.11. The minimum atomic E-state index is -0.303. The molecule has 0 fully saturated rings. The van der Waals surface area contributed by atoms with Crippen LogP contribution in [0.5, 0.6) is 0 Å². The molecule has 150 valence electrons. The summed E-state index contributed by atoms with van der Waals surface area (Å²) in [6, 6.07) is 18.4. The number of rotatable bonds is 5. The SMILES string of the molecule is CN(C)c1ccc(C=Nn2c(-c3ccccc3F)csc2=Nc2cccnc2)cc1. The highest BCUT2D eigenvalue weighted by atomic mass is 32.1. The molecular formula is C23H20FN5S. The number of nitrogens with zero attached hydrogens (tertiary/aromatic N) is 5. The monoisotopic (exact) mass is 417 g/mol. The molecule has 2 aromatic carbocycles. The fourth-order valence-corrected chi connectivity index (χ4v) is 3.70. The molecule has 0 aliphatic carbocycles. The number of thiazole rings is 1. The number of aromatic nitrogens is 2. The van der Waals surface area contributed by atoms with Crippen LogP contribution < -0.4 is 9.70 Å². The molecule has 0 amide bonds. The summed E-state index contributed by atoms with van der Waals surface area (Å²) in [4.78, 5) is 11.4. The van der Waals surface area contributed by atoms with Crippen LogP contribution >= 0.6 is 11.3 Å². The number of anilines is 1. The van der Waals surface area contributed by atoms with Gasteiger partial charge in [-0.2, -0.15) is 5.10 Å². The van der Waals surface area contributed by atoms with Crippen molar-refractivity contribution in [3.8, 4) is 11.3 Å². The molecule has 0 bridgehead atoms. The number of benzene rings is 2. The molecule has 0 N–H and O–H groups in total. The van der Waals surface area contributed by atoms with E-state index in [0.29, 0.717) is 21.7 Å². The van der Waals surface area contributed by atoms with Gasteiger partial charge in [0.1, 0.15) is 5.82 Å². The molecular weight excluding hydrogens is 397 g/mol. The first kappa shape index (κ1) is 19.7. The Hall–Kier alpha value is -3.58. The van der Waals surface area contributed by atoms with Gasteiger partial charge in [0, 0.05) is 36.9 Å². The van der Waals surface area contributed by atoms with Gasteiger partial charge in [-0.1, -0.05) is 24.3 Å². The Balaban J connectivity index is 1.80. The average molecular weight is 418 g/mol. The third-order valence-corrected chi connectivity index (χ3v) is 5.25. The topological polar surface area (TPSA) is 45.8 Å². The third kappa shape index (κ3) is 4.36. The van der Waals surface area contributed by atoms with E-state index in [-0.39, 0.29) is 5.82 Å². The molecule has 0 saturated heterocycles. The van der Waals surface area contributed by atoms with E-state index in [1.165, 1.54) is 17.4 Å². The largest absolute Gasteiger partial charge is 0.378 e. The Morgan fingerprint density at radius 2 is 1.83 bits per heavy atom. The minimum Gasteiger partial charge on any atom is -0.378 e. The summed E-state index contributed by atoms with van der Waals surface area (Å²) < 4.78 is 16.1. The summed E-state index contributed by atoms with van der Waals surface area (Å²) in [6.07, 6.45) is 5.12. The van der Waals surface area contributed by atoms with E-state index < -0.39 is 0 Å². The molecule has 7 heteroatoms. The fourth-order valence-electron chi connectivity index (χ4n) is 2.86. The van der Waals surface area contributed by atoms with Crippen molar-refractivity contribution in [1.82, 2.24) is 9.66 Å². The molecule has 0 aliphatic rings. The van der Waals surface area contributed by atoms with Crippen LogP contribution in [-0.2, 0) is 0 Å². The summed E-state index contributed by atoms with van der Waals surface area (Å²) in [6.45, 7) is 0. The fraction of sp³-hybridized carbons (Fsp3) is 0.0870. The van der Waals surface area contributed by atoms with E-state index in [1.54, 1.807) is 35.4 Å². The Kier molecular flexibility index (Phi) is 5.81. The highest BCUT2D eigenvalue weighted by molar-refractivity contribution is 7.07. The first-order valence-corrected chi connectivity index (χ1v) is 10.2. The van der Waals surface area contributed by atoms with Gasteiger partial charge in [0.2, 0.25) is 4.80 Å². The number of hydrogen-bond acceptors (Lipinski definition) is 5. The standard InChI is InChI=1S/C23H20FN5S/c1-28(2)19-11-9-17(10-12-19)14-26-29-22(20-7-3-4-8-21(20)24)16-30-23(29)27-18-6-5-13-25-15-18/h3-16H,1-2H3. The van der Waals surface area contributed by atoms with Gasteiger partial charge in [-0.05, 0) is 42.0 Å². The smallest absolute Gasteiger partial charge is 0.211 e. The Morgan fingerprint density at radius 1 is 1.03 bits per heavy atom. The summed E-state index contributed by atoms with van der Waals surface area (Å²) in [5.41, 5.74) is 3.86. The van der Waals surface area contributed by atoms with Crippen LogP contribution in [0.15, 0.2) is 88.5 Å². The van der Waals surface area contributed by atoms with Crippen molar-refractivity contribution in [1.29, 1.82) is 0 Å². The second-order valence-electron chi connectivity index (χ2n) is 6.75. The Morgan fingerprint density at radius 3 is 2.53 bits per heavy atom. The van der Waals surface area contributed by atoms with E-state index in [9.17, 15) is 4.39 Å². The lowest BCUT2D eigenvalue weighted by Crippen LogP contribution is -2.12. The van der Waals surface area contributed by atoms with Gasteiger partial charge in [0.05, 0.1) is 23.8 Å². The van der Waals surface area contributed by atoms with E-state index in [4.69, 9.17) is 0 Å². The first-order chi connectivity index (χ1) is 14.6. The minimum absolute atomic E-state index is 0.303. The molecule has 2 aromatic heterocycles. The summed E-state index contributed by atoms with van der Waals surface area (Å²) in [5, 5.41) is 6.49. The summed E-state index contributed by atoms with van der Waals surface area (Å²) in [7, 11) is 3.99. The molecule has 4 rings (SSSR count). The van der Waals surface area contributed by atoms with Gasteiger partial charge in [-0.25, -0.2) is 14.1 Å². The maximum Gasteiger partial charge on any atom is 0.211 e. The Labute approximate surface area is 178 Å². The molecule has 30 heavy (non-hydrogen) atoms. The molecule has 0 unspecified atom stereocenters. The summed E-state index contributed by atoms with van der Waals surface area (Å²) >= 11 is 1.40. The van der Waals surface area contributed by atoms with Crippen LogP contribution in [0.2, 0.25) is 0 Å². The van der Waals surface area contributed by atoms with Crippen LogP contribution in [0.1, 0.15) is 5.56 Å². The maximum atomic E-state index is 14.5. The van der Waals surface area contributed by atoms with Gasteiger partial charge in [-0.3, -0.25) is 4.98 Å². The predicted molar refractivity (Wildman–Crippen MR) is 121 cm³/mol. The zero-order valence-electron chi connectivity index (χ0n) is 16.6. The highest BCUT2D eigenvalue weighted by Crippen LogP contribution is 2.23. The third-order valence-electron chi connectivity index (χ3n) is 4.44. The second kappa shape index (κ2) is 8.84. The maximum absolute atomic E-state index is 14.5. The lowest BCUT2D eigenvalue weighted by Gasteiger charge is -2.11. The molecule has 0 radical (unpaired) electrons. The predicted octanol–water partition coefficient (Wildman–Crippen LogP) is 4.93. The molecule has 5 nitrogen and oxygen atoms in total. The molecule has 4 aromatic rings. The van der Waals surface area contributed by atoms with E-state index in [1.807, 2.05) is 66.8 Å². The van der Waals surface area contributed by atoms with Crippen molar-refractivity contribution in [2.45, 2.75) is 0 Å². The lowest BCUT2D eigenvalue weighted by molar-refractivity contribution is 0.629.